The minimum Gasteiger partial charge on any atom is -0.507 e. The molecular formula is C24H26O8S. The number of aliphatic hydroxyl groups is 4. The van der Waals surface area contributed by atoms with E-state index in [1.54, 1.807) is 19.3 Å². The molecule has 8 nitrogen and oxygen atoms in total. The van der Waals surface area contributed by atoms with Crippen LogP contribution in [0.3, 0.4) is 0 Å². The Morgan fingerprint density at radius 1 is 1.09 bits per heavy atom. The fraction of sp³-hybridized carbons (Fsp3) is 0.375. The van der Waals surface area contributed by atoms with Crippen molar-refractivity contribution in [2.24, 2.45) is 0 Å². The number of hydrogen-bond acceptors (Lipinski definition) is 9. The minimum atomic E-state index is -1.52. The summed E-state index contributed by atoms with van der Waals surface area (Å²) in [6.07, 6.45) is -2.16. The van der Waals surface area contributed by atoms with E-state index < -0.39 is 35.6 Å². The van der Waals surface area contributed by atoms with Gasteiger partial charge in [0, 0.05) is 11.8 Å². The lowest BCUT2D eigenvalue weighted by molar-refractivity contribution is -0.0910. The molecule has 0 amide bonds. The monoisotopic (exact) mass is 474 g/mol. The van der Waals surface area contributed by atoms with Gasteiger partial charge in [0.25, 0.3) is 0 Å². The molecule has 2 aromatic carbocycles. The number of fused-ring (bicyclic) bond motifs is 1. The van der Waals surface area contributed by atoms with Gasteiger partial charge in [-0.25, -0.2) is 0 Å². The van der Waals surface area contributed by atoms with Gasteiger partial charge in [0.05, 0.1) is 24.2 Å². The summed E-state index contributed by atoms with van der Waals surface area (Å²) < 4.78 is 11.2. The van der Waals surface area contributed by atoms with Crippen LogP contribution in [-0.2, 0) is 6.42 Å². The lowest BCUT2D eigenvalue weighted by Crippen LogP contribution is -2.55. The number of phenolic OH excluding ortho intramolecular Hbond substituents is 1. The van der Waals surface area contributed by atoms with Gasteiger partial charge in [0.2, 0.25) is 0 Å². The first-order chi connectivity index (χ1) is 15.8. The molecular weight excluding hydrogens is 448 g/mol. The highest BCUT2D eigenvalue weighted by Crippen LogP contribution is 2.38. The Balaban J connectivity index is 1.55. The minimum absolute atomic E-state index is 0.0149. The number of carbonyl (C=O) groups is 1. The summed E-state index contributed by atoms with van der Waals surface area (Å²) in [7, 11) is 0. The number of hydrogen-bond donors (Lipinski definition) is 5. The number of thioether (sulfide) groups is 1. The zero-order valence-corrected chi connectivity index (χ0v) is 18.7. The highest BCUT2D eigenvalue weighted by Gasteiger charge is 2.44. The van der Waals surface area contributed by atoms with Crippen LogP contribution in [0.25, 0.3) is 11.0 Å². The highest BCUT2D eigenvalue weighted by molar-refractivity contribution is 8.00. The zero-order chi connectivity index (χ0) is 23.7. The summed E-state index contributed by atoms with van der Waals surface area (Å²) in [4.78, 5) is 13.1. The number of carbonyl (C=O) groups excluding carboxylic acids is 1. The molecule has 1 aromatic heterocycles. The predicted molar refractivity (Wildman–Crippen MR) is 123 cm³/mol. The summed E-state index contributed by atoms with van der Waals surface area (Å²) in [6.45, 7) is 1.29. The molecule has 5 N–H and O–H groups in total. The lowest BCUT2D eigenvalue weighted by atomic mass is 9.99. The maximum Gasteiger partial charge on any atom is 0.173 e. The van der Waals surface area contributed by atoms with Gasteiger partial charge in [0.1, 0.15) is 34.9 Å². The van der Waals surface area contributed by atoms with Crippen molar-refractivity contribution in [1.82, 2.24) is 0 Å². The van der Waals surface area contributed by atoms with Crippen LogP contribution in [-0.4, -0.2) is 66.9 Å². The molecule has 1 aliphatic rings. The number of aromatic hydroxyl groups is 1. The van der Waals surface area contributed by atoms with Crippen molar-refractivity contribution in [2.75, 3.05) is 6.61 Å². The molecule has 0 radical (unpaired) electrons. The quantitative estimate of drug-likeness (QED) is 0.326. The number of ketones is 1. The Morgan fingerprint density at radius 3 is 2.64 bits per heavy atom. The average molecular weight is 475 g/mol. The molecule has 0 unspecified atom stereocenters. The number of rotatable bonds is 7. The number of benzene rings is 2. The van der Waals surface area contributed by atoms with E-state index in [-0.39, 0.29) is 29.3 Å². The number of phenols is 1. The van der Waals surface area contributed by atoms with E-state index in [9.17, 15) is 30.3 Å². The van der Waals surface area contributed by atoms with E-state index in [0.29, 0.717) is 12.0 Å². The van der Waals surface area contributed by atoms with Crippen LogP contribution in [0, 0.1) is 6.92 Å². The number of aryl methyl sites for hydroxylation is 2. The van der Waals surface area contributed by atoms with Crippen molar-refractivity contribution in [2.45, 2.75) is 48.8 Å². The Kier molecular flexibility index (Phi) is 6.96. The predicted octanol–water partition coefficient (Wildman–Crippen LogP) is 2.16. The molecule has 0 bridgehead atoms. The van der Waals surface area contributed by atoms with Gasteiger partial charge < -0.3 is 34.7 Å². The maximum atomic E-state index is 13.1. The van der Waals surface area contributed by atoms with Crippen molar-refractivity contribution >= 4 is 28.5 Å². The lowest BCUT2D eigenvalue weighted by Gasteiger charge is -2.39. The topological polar surface area (TPSA) is 141 Å². The Morgan fingerprint density at radius 2 is 1.88 bits per heavy atom. The average Bonchev–Trinajstić information content (AvgIpc) is 3.25. The zero-order valence-electron chi connectivity index (χ0n) is 17.9. The van der Waals surface area contributed by atoms with Crippen LogP contribution >= 0.6 is 11.8 Å². The van der Waals surface area contributed by atoms with Crippen molar-refractivity contribution < 1.29 is 39.5 Å². The van der Waals surface area contributed by atoms with Gasteiger partial charge in [-0.05, 0) is 54.8 Å². The summed E-state index contributed by atoms with van der Waals surface area (Å²) in [6, 6.07) is 10.5. The smallest absolute Gasteiger partial charge is 0.173 e. The van der Waals surface area contributed by atoms with Gasteiger partial charge in [-0.15, -0.1) is 11.8 Å². The molecule has 5 atom stereocenters. The number of ether oxygens (including phenoxy) is 1. The van der Waals surface area contributed by atoms with Crippen LogP contribution in [0.4, 0.5) is 0 Å². The van der Waals surface area contributed by atoms with Crippen molar-refractivity contribution in [3.8, 4) is 11.5 Å². The molecule has 0 spiro atoms. The third kappa shape index (κ3) is 4.87. The van der Waals surface area contributed by atoms with E-state index in [2.05, 4.69) is 0 Å². The first-order valence-corrected chi connectivity index (χ1v) is 11.5. The van der Waals surface area contributed by atoms with Crippen LogP contribution in [0.5, 0.6) is 11.5 Å². The van der Waals surface area contributed by atoms with Crippen molar-refractivity contribution in [3.63, 3.8) is 0 Å². The molecule has 9 heteroatoms. The van der Waals surface area contributed by atoms with Gasteiger partial charge >= 0.3 is 0 Å². The van der Waals surface area contributed by atoms with Crippen LogP contribution < -0.4 is 4.74 Å². The van der Waals surface area contributed by atoms with E-state index in [1.807, 2.05) is 24.3 Å². The first-order valence-electron chi connectivity index (χ1n) is 10.6. The van der Waals surface area contributed by atoms with Gasteiger partial charge in [-0.1, -0.05) is 6.07 Å². The summed E-state index contributed by atoms with van der Waals surface area (Å²) in [5, 5.41) is 50.7. The van der Waals surface area contributed by atoms with E-state index in [1.165, 1.54) is 6.07 Å². The standard InChI is InChI=1S/C24H26O8S/c1-12-8-16(27)20(15(26)4-2-13-3-5-17-14(10-13)6-7-31-17)18(9-12)32-24-23(30)22(29)21(28)19(11-25)33-24/h3,5-10,19,21-25,27-30H,2,4,11H2,1H3/t19-,21-,22+,23-,24-/m1/s1. The Bertz CT molecular complexity index is 1140. The molecule has 3 aromatic rings. The number of Topliss-reactive ketones (excluding diaryl/α,β-unsaturated/α-hetero) is 1. The molecule has 2 heterocycles. The molecule has 0 aliphatic carbocycles. The fourth-order valence-corrected chi connectivity index (χ4v) is 5.19. The van der Waals surface area contributed by atoms with Gasteiger partial charge in [-0.2, -0.15) is 0 Å². The maximum absolute atomic E-state index is 13.1. The molecule has 4 rings (SSSR count). The van der Waals surface area contributed by atoms with E-state index in [0.717, 1.165) is 28.3 Å². The first kappa shape index (κ1) is 23.6. The molecule has 1 aliphatic heterocycles. The molecule has 1 saturated heterocycles. The van der Waals surface area contributed by atoms with E-state index in [4.69, 9.17) is 9.15 Å². The van der Waals surface area contributed by atoms with Gasteiger partial charge in [-0.3, -0.25) is 4.79 Å². The van der Waals surface area contributed by atoms with Crippen molar-refractivity contribution in [3.05, 3.63) is 59.4 Å². The number of furan rings is 1. The van der Waals surface area contributed by atoms with Gasteiger partial charge in [0.15, 0.2) is 11.2 Å². The SMILES string of the molecule is Cc1cc(O)c(C(=O)CCc2ccc3occc3c2)c(O[C@@H]2S[C@H](CO)[C@@H](O)[C@H](O)[C@H]2O)c1. The molecule has 33 heavy (non-hydrogen) atoms. The summed E-state index contributed by atoms with van der Waals surface area (Å²) in [5.74, 6) is -0.515. The highest BCUT2D eigenvalue weighted by atomic mass is 32.2. The fourth-order valence-electron chi connectivity index (χ4n) is 3.95. The normalized spacial score (nSPS) is 25.3. The second-order valence-electron chi connectivity index (χ2n) is 8.19. The second-order valence-corrected chi connectivity index (χ2v) is 9.53. The Hall–Kier alpha value is -2.56. The van der Waals surface area contributed by atoms with E-state index >= 15 is 0 Å². The largest absolute Gasteiger partial charge is 0.507 e. The molecule has 0 saturated carbocycles. The Labute approximate surface area is 194 Å². The second kappa shape index (κ2) is 9.74. The molecule has 176 valence electrons. The van der Waals surface area contributed by atoms with Crippen LogP contribution in [0.1, 0.15) is 27.9 Å². The number of aliphatic hydroxyl groups excluding tert-OH is 4. The third-order valence-corrected chi connectivity index (χ3v) is 7.17. The van der Waals surface area contributed by atoms with Crippen molar-refractivity contribution in [1.29, 1.82) is 0 Å². The summed E-state index contributed by atoms with van der Waals surface area (Å²) >= 11 is 0.957. The van der Waals surface area contributed by atoms with Crippen LogP contribution in [0.2, 0.25) is 0 Å². The molecule has 1 fully saturated rings. The third-order valence-electron chi connectivity index (χ3n) is 5.75. The summed E-state index contributed by atoms with van der Waals surface area (Å²) in [5.41, 5.74) is 1.26. The van der Waals surface area contributed by atoms with Crippen LogP contribution in [0.15, 0.2) is 47.1 Å².